The van der Waals surface area contributed by atoms with Crippen LogP contribution < -0.4 is 5.32 Å². The lowest BCUT2D eigenvalue weighted by atomic mass is 10.3. The first-order valence-electron chi connectivity index (χ1n) is 3.72. The molecule has 0 aliphatic rings. The van der Waals surface area contributed by atoms with Crippen molar-refractivity contribution in [1.82, 2.24) is 5.32 Å². The molecule has 0 bridgehead atoms. The molecule has 3 nitrogen and oxygen atoms in total. The Morgan fingerprint density at radius 2 is 2.45 bits per heavy atom. The van der Waals surface area contributed by atoms with Gasteiger partial charge in [-0.15, -0.1) is 0 Å². The monoisotopic (exact) mass is 157 g/mol. The fourth-order valence-electron chi connectivity index (χ4n) is 0.445. The molecule has 0 spiro atoms. The zero-order chi connectivity index (χ0) is 8.69. The van der Waals surface area contributed by atoms with Crippen LogP contribution in [0.4, 0.5) is 0 Å². The molecule has 0 heterocycles. The first-order valence-corrected chi connectivity index (χ1v) is 3.72. The zero-order valence-electron chi connectivity index (χ0n) is 7.09. The number of ether oxygens (including phenoxy) is 1. The molecule has 0 radical (unpaired) electrons. The molecule has 0 saturated heterocycles. The number of hydrogen-bond donors (Lipinski definition) is 1. The molecule has 0 aliphatic heterocycles. The minimum Gasteiger partial charge on any atom is -0.358 e. The quantitative estimate of drug-likeness (QED) is 0.478. The molecule has 0 fully saturated rings. The van der Waals surface area contributed by atoms with Crippen LogP contribution in [0, 0.1) is 0 Å². The van der Waals surface area contributed by atoms with Crippen LogP contribution in [0.5, 0.6) is 0 Å². The Bertz CT molecular complexity index is 134. The Hall–Kier alpha value is -0.830. The van der Waals surface area contributed by atoms with Gasteiger partial charge in [-0.25, -0.2) is 0 Å². The highest BCUT2D eigenvalue weighted by Gasteiger charge is 1.97. The molecule has 0 rings (SSSR count). The van der Waals surface area contributed by atoms with E-state index >= 15 is 0 Å². The molecule has 64 valence electrons. The SMILES string of the molecule is C=CC(=O)NCOC(C)CC. The van der Waals surface area contributed by atoms with Crippen molar-refractivity contribution >= 4 is 5.91 Å². The maximum Gasteiger partial charge on any atom is 0.245 e. The normalized spacial score (nSPS) is 12.2. The van der Waals surface area contributed by atoms with E-state index in [1.54, 1.807) is 0 Å². The van der Waals surface area contributed by atoms with Gasteiger partial charge in [-0.3, -0.25) is 4.79 Å². The van der Waals surface area contributed by atoms with Gasteiger partial charge in [0.1, 0.15) is 6.73 Å². The second-order valence-electron chi connectivity index (χ2n) is 2.28. The standard InChI is InChI=1S/C8H15NO2/c1-4-7(3)11-6-9-8(10)5-2/h5,7H,2,4,6H2,1,3H3,(H,9,10). The van der Waals surface area contributed by atoms with Gasteiger partial charge in [0, 0.05) is 0 Å². The van der Waals surface area contributed by atoms with E-state index in [2.05, 4.69) is 11.9 Å². The van der Waals surface area contributed by atoms with Crippen LogP contribution in [-0.2, 0) is 9.53 Å². The number of rotatable bonds is 5. The maximum absolute atomic E-state index is 10.6. The minimum atomic E-state index is -0.201. The summed E-state index contributed by atoms with van der Waals surface area (Å²) in [4.78, 5) is 10.6. The fourth-order valence-corrected chi connectivity index (χ4v) is 0.445. The van der Waals surface area contributed by atoms with Crippen LogP contribution in [-0.4, -0.2) is 18.7 Å². The van der Waals surface area contributed by atoms with Crippen LogP contribution in [0.3, 0.4) is 0 Å². The molecule has 1 unspecified atom stereocenters. The third-order valence-corrected chi connectivity index (χ3v) is 1.37. The summed E-state index contributed by atoms with van der Waals surface area (Å²) in [5.41, 5.74) is 0. The predicted octanol–water partition coefficient (Wildman–Crippen LogP) is 1.06. The van der Waals surface area contributed by atoms with Gasteiger partial charge in [-0.05, 0) is 19.4 Å². The van der Waals surface area contributed by atoms with Crippen LogP contribution in [0.25, 0.3) is 0 Å². The van der Waals surface area contributed by atoms with Crippen molar-refractivity contribution in [2.24, 2.45) is 0 Å². The number of nitrogens with one attached hydrogen (secondary N) is 1. The van der Waals surface area contributed by atoms with Gasteiger partial charge >= 0.3 is 0 Å². The number of carbonyl (C=O) groups is 1. The highest BCUT2D eigenvalue weighted by atomic mass is 16.5. The van der Waals surface area contributed by atoms with Gasteiger partial charge in [0.15, 0.2) is 0 Å². The van der Waals surface area contributed by atoms with E-state index in [1.165, 1.54) is 6.08 Å². The smallest absolute Gasteiger partial charge is 0.245 e. The van der Waals surface area contributed by atoms with Crippen LogP contribution in [0.1, 0.15) is 20.3 Å². The van der Waals surface area contributed by atoms with Crippen molar-refractivity contribution in [3.63, 3.8) is 0 Å². The van der Waals surface area contributed by atoms with Crippen molar-refractivity contribution in [2.75, 3.05) is 6.73 Å². The van der Waals surface area contributed by atoms with Crippen molar-refractivity contribution in [3.8, 4) is 0 Å². The van der Waals surface area contributed by atoms with Gasteiger partial charge in [-0.1, -0.05) is 13.5 Å². The van der Waals surface area contributed by atoms with E-state index < -0.39 is 0 Å². The van der Waals surface area contributed by atoms with Crippen molar-refractivity contribution in [3.05, 3.63) is 12.7 Å². The van der Waals surface area contributed by atoms with Crippen LogP contribution >= 0.6 is 0 Å². The largest absolute Gasteiger partial charge is 0.358 e. The Morgan fingerprint density at radius 3 is 2.91 bits per heavy atom. The van der Waals surface area contributed by atoms with E-state index in [1.807, 2.05) is 13.8 Å². The minimum absolute atomic E-state index is 0.195. The van der Waals surface area contributed by atoms with Crippen molar-refractivity contribution in [2.45, 2.75) is 26.4 Å². The molecule has 1 N–H and O–H groups in total. The molecule has 1 amide bonds. The average molecular weight is 157 g/mol. The summed E-state index contributed by atoms with van der Waals surface area (Å²) in [5.74, 6) is -0.201. The highest BCUT2D eigenvalue weighted by molar-refractivity contribution is 5.86. The summed E-state index contributed by atoms with van der Waals surface area (Å²) in [6.45, 7) is 7.56. The summed E-state index contributed by atoms with van der Waals surface area (Å²) in [5, 5.41) is 2.52. The third kappa shape index (κ3) is 5.61. The third-order valence-electron chi connectivity index (χ3n) is 1.37. The maximum atomic E-state index is 10.6. The van der Waals surface area contributed by atoms with Crippen molar-refractivity contribution < 1.29 is 9.53 Å². The first kappa shape index (κ1) is 10.2. The Kier molecular flexibility index (Phi) is 5.47. The molecule has 0 aromatic heterocycles. The molecule has 3 heteroatoms. The molecule has 0 aromatic rings. The summed E-state index contributed by atoms with van der Waals surface area (Å²) >= 11 is 0. The van der Waals surface area contributed by atoms with E-state index in [4.69, 9.17) is 4.74 Å². The zero-order valence-corrected chi connectivity index (χ0v) is 7.09. The topological polar surface area (TPSA) is 38.3 Å². The van der Waals surface area contributed by atoms with Gasteiger partial charge in [0.05, 0.1) is 6.10 Å². The average Bonchev–Trinajstić information content (AvgIpc) is 2.04. The first-order chi connectivity index (χ1) is 5.20. The van der Waals surface area contributed by atoms with Crippen molar-refractivity contribution in [1.29, 1.82) is 0 Å². The number of hydrogen-bond acceptors (Lipinski definition) is 2. The number of carbonyl (C=O) groups excluding carboxylic acids is 1. The predicted molar refractivity (Wildman–Crippen MR) is 44.0 cm³/mol. The summed E-state index contributed by atoms with van der Waals surface area (Å²) < 4.78 is 5.18. The lowest BCUT2D eigenvalue weighted by Crippen LogP contribution is -2.26. The van der Waals surface area contributed by atoms with Gasteiger partial charge in [-0.2, -0.15) is 0 Å². The summed E-state index contributed by atoms with van der Waals surface area (Å²) in [7, 11) is 0. The number of amides is 1. The Balaban J connectivity index is 3.26. The van der Waals surface area contributed by atoms with E-state index in [9.17, 15) is 4.79 Å². The highest BCUT2D eigenvalue weighted by Crippen LogP contribution is 1.92. The molecule has 0 saturated carbocycles. The fraction of sp³-hybridized carbons (Fsp3) is 0.625. The van der Waals surface area contributed by atoms with E-state index in [-0.39, 0.29) is 18.7 Å². The molecule has 11 heavy (non-hydrogen) atoms. The van der Waals surface area contributed by atoms with Gasteiger partial charge < -0.3 is 10.1 Å². The van der Waals surface area contributed by atoms with Crippen LogP contribution in [0.15, 0.2) is 12.7 Å². The molecule has 0 aliphatic carbocycles. The second kappa shape index (κ2) is 5.92. The summed E-state index contributed by atoms with van der Waals surface area (Å²) in [6, 6.07) is 0. The lowest BCUT2D eigenvalue weighted by molar-refractivity contribution is -0.118. The molecule has 0 aromatic carbocycles. The van der Waals surface area contributed by atoms with Crippen LogP contribution in [0.2, 0.25) is 0 Å². The Labute approximate surface area is 67.4 Å². The Morgan fingerprint density at radius 1 is 1.82 bits per heavy atom. The molecular formula is C8H15NO2. The second-order valence-corrected chi connectivity index (χ2v) is 2.28. The van der Waals surface area contributed by atoms with E-state index in [0.29, 0.717) is 0 Å². The van der Waals surface area contributed by atoms with Gasteiger partial charge in [0.25, 0.3) is 0 Å². The van der Waals surface area contributed by atoms with Gasteiger partial charge in [0.2, 0.25) is 5.91 Å². The molecular weight excluding hydrogens is 142 g/mol. The van der Waals surface area contributed by atoms with E-state index in [0.717, 1.165) is 6.42 Å². The lowest BCUT2D eigenvalue weighted by Gasteiger charge is -2.09. The summed E-state index contributed by atoms with van der Waals surface area (Å²) in [6.07, 6.45) is 2.37. The molecule has 1 atom stereocenters.